The first kappa shape index (κ1) is 13.2. The fraction of sp³-hybridized carbons (Fsp3) is 0.312. The lowest BCUT2D eigenvalue weighted by Gasteiger charge is -2.24. The topological polar surface area (TPSA) is 32.3 Å². The van der Waals surface area contributed by atoms with Gasteiger partial charge in [-0.3, -0.25) is 0 Å². The molecule has 0 radical (unpaired) electrons. The highest BCUT2D eigenvalue weighted by atomic mass is 32.1. The standard InChI is InChI=1S/C16H18N2OS/c1-12-4-2-5-14(10-12)17-16(19)18-8-3-6-15(18)13-7-9-20-11-13/h2,4-5,7,9-11,15H,3,6,8H2,1H3,(H,17,19)/t15-/m0/s1. The Kier molecular flexibility index (Phi) is 3.74. The number of carbonyl (C=O) groups excluding carboxylic acids is 1. The van der Waals surface area contributed by atoms with Gasteiger partial charge in [0.05, 0.1) is 6.04 Å². The van der Waals surface area contributed by atoms with E-state index in [1.54, 1.807) is 11.3 Å². The zero-order chi connectivity index (χ0) is 13.9. The van der Waals surface area contributed by atoms with Crippen molar-refractivity contribution in [2.75, 3.05) is 11.9 Å². The van der Waals surface area contributed by atoms with E-state index in [0.29, 0.717) is 0 Å². The Labute approximate surface area is 123 Å². The van der Waals surface area contributed by atoms with Crippen molar-refractivity contribution in [3.05, 3.63) is 52.2 Å². The average molecular weight is 286 g/mol. The Morgan fingerprint density at radius 1 is 1.40 bits per heavy atom. The Morgan fingerprint density at radius 3 is 3.05 bits per heavy atom. The Morgan fingerprint density at radius 2 is 2.30 bits per heavy atom. The van der Waals surface area contributed by atoms with Gasteiger partial charge in [-0.2, -0.15) is 11.3 Å². The van der Waals surface area contributed by atoms with Gasteiger partial charge < -0.3 is 10.2 Å². The van der Waals surface area contributed by atoms with Gasteiger partial charge in [-0.05, 0) is 59.9 Å². The van der Waals surface area contributed by atoms with Gasteiger partial charge >= 0.3 is 6.03 Å². The molecular weight excluding hydrogens is 268 g/mol. The molecule has 3 rings (SSSR count). The molecule has 1 atom stereocenters. The van der Waals surface area contributed by atoms with E-state index in [4.69, 9.17) is 0 Å². The average Bonchev–Trinajstić information content (AvgIpc) is 3.09. The van der Waals surface area contributed by atoms with E-state index in [2.05, 4.69) is 22.1 Å². The highest BCUT2D eigenvalue weighted by molar-refractivity contribution is 7.07. The summed E-state index contributed by atoms with van der Waals surface area (Å²) in [4.78, 5) is 14.4. The molecule has 0 aliphatic carbocycles. The summed E-state index contributed by atoms with van der Waals surface area (Å²) in [6, 6.07) is 10.3. The van der Waals surface area contributed by atoms with Crippen LogP contribution in [0.4, 0.5) is 10.5 Å². The number of nitrogens with one attached hydrogen (secondary N) is 1. The van der Waals surface area contributed by atoms with Crippen LogP contribution in [0.5, 0.6) is 0 Å². The van der Waals surface area contributed by atoms with Crippen LogP contribution in [-0.2, 0) is 0 Å². The van der Waals surface area contributed by atoms with Gasteiger partial charge in [0.2, 0.25) is 0 Å². The molecule has 1 N–H and O–H groups in total. The zero-order valence-electron chi connectivity index (χ0n) is 11.5. The summed E-state index contributed by atoms with van der Waals surface area (Å²) >= 11 is 1.69. The molecule has 1 aromatic heterocycles. The number of rotatable bonds is 2. The summed E-state index contributed by atoms with van der Waals surface area (Å²) in [7, 11) is 0. The molecule has 0 unspecified atom stereocenters. The SMILES string of the molecule is Cc1cccc(NC(=O)N2CCC[C@H]2c2ccsc2)c1. The summed E-state index contributed by atoms with van der Waals surface area (Å²) < 4.78 is 0. The number of thiophene rings is 1. The van der Waals surface area contributed by atoms with Gasteiger partial charge in [0.25, 0.3) is 0 Å². The van der Waals surface area contributed by atoms with E-state index in [0.717, 1.165) is 30.6 Å². The van der Waals surface area contributed by atoms with E-state index < -0.39 is 0 Å². The normalized spacial score (nSPS) is 18.2. The third-order valence-corrected chi connectivity index (χ3v) is 4.41. The molecule has 2 aromatic rings. The Balaban J connectivity index is 1.73. The first-order chi connectivity index (χ1) is 9.74. The molecule has 0 spiro atoms. The minimum atomic E-state index is 0.00398. The summed E-state index contributed by atoms with van der Waals surface area (Å²) in [6.07, 6.45) is 2.12. The van der Waals surface area contributed by atoms with Crippen LogP contribution in [0.2, 0.25) is 0 Å². The molecule has 1 aromatic carbocycles. The van der Waals surface area contributed by atoms with Crippen molar-refractivity contribution in [2.45, 2.75) is 25.8 Å². The highest BCUT2D eigenvalue weighted by Crippen LogP contribution is 2.33. The maximum absolute atomic E-state index is 12.4. The molecule has 0 saturated carbocycles. The summed E-state index contributed by atoms with van der Waals surface area (Å²) in [5.41, 5.74) is 3.27. The largest absolute Gasteiger partial charge is 0.322 e. The van der Waals surface area contributed by atoms with Crippen molar-refractivity contribution in [3.8, 4) is 0 Å². The monoisotopic (exact) mass is 286 g/mol. The lowest BCUT2D eigenvalue weighted by molar-refractivity contribution is 0.207. The number of anilines is 1. The predicted octanol–water partition coefficient (Wildman–Crippen LogP) is 4.43. The number of amides is 2. The molecule has 0 bridgehead atoms. The van der Waals surface area contributed by atoms with Crippen molar-refractivity contribution >= 4 is 23.1 Å². The quantitative estimate of drug-likeness (QED) is 0.870. The minimum absolute atomic E-state index is 0.00398. The molecule has 3 nitrogen and oxygen atoms in total. The molecule has 104 valence electrons. The van der Waals surface area contributed by atoms with Crippen molar-refractivity contribution in [2.24, 2.45) is 0 Å². The van der Waals surface area contributed by atoms with Gasteiger partial charge in [-0.1, -0.05) is 12.1 Å². The molecule has 1 saturated heterocycles. The van der Waals surface area contributed by atoms with Crippen molar-refractivity contribution in [3.63, 3.8) is 0 Å². The fourth-order valence-corrected chi connectivity index (χ4v) is 3.45. The number of likely N-dealkylation sites (tertiary alicyclic amines) is 1. The second kappa shape index (κ2) is 5.67. The number of urea groups is 1. The Bertz CT molecular complexity index is 594. The van der Waals surface area contributed by atoms with Crippen LogP contribution >= 0.6 is 11.3 Å². The predicted molar refractivity (Wildman–Crippen MR) is 83.2 cm³/mol. The number of carbonyl (C=O) groups is 1. The zero-order valence-corrected chi connectivity index (χ0v) is 12.3. The number of hydrogen-bond acceptors (Lipinski definition) is 2. The van der Waals surface area contributed by atoms with Crippen LogP contribution in [0.15, 0.2) is 41.1 Å². The molecular formula is C16H18N2OS. The number of nitrogens with zero attached hydrogens (tertiary/aromatic N) is 1. The van der Waals surface area contributed by atoms with Crippen LogP contribution in [0.1, 0.15) is 30.0 Å². The molecule has 20 heavy (non-hydrogen) atoms. The second-order valence-corrected chi connectivity index (χ2v) is 5.99. The maximum atomic E-state index is 12.4. The number of aryl methyl sites for hydroxylation is 1. The number of benzene rings is 1. The van der Waals surface area contributed by atoms with Crippen molar-refractivity contribution in [1.82, 2.24) is 4.90 Å². The third-order valence-electron chi connectivity index (χ3n) is 3.71. The van der Waals surface area contributed by atoms with E-state index in [9.17, 15) is 4.79 Å². The van der Waals surface area contributed by atoms with Crippen molar-refractivity contribution < 1.29 is 4.79 Å². The summed E-state index contributed by atoms with van der Waals surface area (Å²) in [6.45, 7) is 2.86. The molecule has 1 aliphatic heterocycles. The van der Waals surface area contributed by atoms with E-state index in [-0.39, 0.29) is 12.1 Å². The smallest absolute Gasteiger partial charge is 0.317 e. The van der Waals surface area contributed by atoms with E-state index >= 15 is 0 Å². The molecule has 1 fully saturated rings. The molecule has 2 heterocycles. The van der Waals surface area contributed by atoms with Gasteiger partial charge in [-0.25, -0.2) is 4.79 Å². The lowest BCUT2D eigenvalue weighted by Crippen LogP contribution is -2.34. The highest BCUT2D eigenvalue weighted by Gasteiger charge is 2.30. The van der Waals surface area contributed by atoms with Gasteiger partial charge in [-0.15, -0.1) is 0 Å². The van der Waals surface area contributed by atoms with Crippen LogP contribution in [0.25, 0.3) is 0 Å². The summed E-state index contributed by atoms with van der Waals surface area (Å²) in [5, 5.41) is 7.22. The molecule has 2 amide bonds. The first-order valence-corrected chi connectivity index (χ1v) is 7.85. The van der Waals surface area contributed by atoms with Gasteiger partial charge in [0, 0.05) is 12.2 Å². The number of hydrogen-bond donors (Lipinski definition) is 1. The van der Waals surface area contributed by atoms with Crippen LogP contribution in [0, 0.1) is 6.92 Å². The lowest BCUT2D eigenvalue weighted by atomic mass is 10.1. The van der Waals surface area contributed by atoms with Gasteiger partial charge in [0.1, 0.15) is 0 Å². The van der Waals surface area contributed by atoms with Crippen molar-refractivity contribution in [1.29, 1.82) is 0 Å². The molecule has 4 heteroatoms. The Hall–Kier alpha value is -1.81. The third kappa shape index (κ3) is 2.70. The van der Waals surface area contributed by atoms with Gasteiger partial charge in [0.15, 0.2) is 0 Å². The molecule has 1 aliphatic rings. The maximum Gasteiger partial charge on any atom is 0.322 e. The second-order valence-electron chi connectivity index (χ2n) is 5.21. The van der Waals surface area contributed by atoms with E-state index in [1.807, 2.05) is 36.1 Å². The van der Waals surface area contributed by atoms with E-state index in [1.165, 1.54) is 5.56 Å². The van der Waals surface area contributed by atoms with Crippen LogP contribution < -0.4 is 5.32 Å². The van der Waals surface area contributed by atoms with Crippen LogP contribution in [-0.4, -0.2) is 17.5 Å². The minimum Gasteiger partial charge on any atom is -0.317 e. The fourth-order valence-electron chi connectivity index (χ4n) is 2.74. The van der Waals surface area contributed by atoms with Crippen LogP contribution in [0.3, 0.4) is 0 Å². The first-order valence-electron chi connectivity index (χ1n) is 6.90. The summed E-state index contributed by atoms with van der Waals surface area (Å²) in [5.74, 6) is 0.